The van der Waals surface area contributed by atoms with E-state index < -0.39 is 11.6 Å². The molecule has 6 nitrogen and oxygen atoms in total. The van der Waals surface area contributed by atoms with Gasteiger partial charge in [-0.25, -0.2) is 4.79 Å². The first-order valence-corrected chi connectivity index (χ1v) is 7.12. The van der Waals surface area contributed by atoms with E-state index in [2.05, 4.69) is 0 Å². The average molecular weight is 285 g/mol. The number of hydrogen-bond acceptors (Lipinski definition) is 4. The van der Waals surface area contributed by atoms with Gasteiger partial charge in [-0.2, -0.15) is 0 Å². The van der Waals surface area contributed by atoms with Crippen molar-refractivity contribution in [1.29, 1.82) is 0 Å². The van der Waals surface area contributed by atoms with Crippen molar-refractivity contribution in [3.05, 3.63) is 0 Å². The van der Waals surface area contributed by atoms with E-state index in [-0.39, 0.29) is 18.0 Å². The molecular formula is C14H27N3O3. The Morgan fingerprint density at radius 3 is 2.20 bits per heavy atom. The van der Waals surface area contributed by atoms with Crippen molar-refractivity contribution < 1.29 is 14.3 Å². The zero-order chi connectivity index (χ0) is 15.5. The van der Waals surface area contributed by atoms with Gasteiger partial charge in [0.05, 0.1) is 6.04 Å². The van der Waals surface area contributed by atoms with Crippen molar-refractivity contribution >= 4 is 12.0 Å². The molecule has 0 aromatic carbocycles. The number of ether oxygens (including phenoxy) is 1. The Hall–Kier alpha value is -1.30. The topological polar surface area (TPSA) is 75.9 Å². The maximum atomic E-state index is 11.9. The largest absolute Gasteiger partial charge is 0.444 e. The first kappa shape index (κ1) is 16.8. The van der Waals surface area contributed by atoms with E-state index in [9.17, 15) is 9.59 Å². The first-order chi connectivity index (χ1) is 9.11. The molecule has 1 saturated heterocycles. The fourth-order valence-electron chi connectivity index (χ4n) is 2.26. The van der Waals surface area contributed by atoms with Gasteiger partial charge >= 0.3 is 6.09 Å². The molecular weight excluding hydrogens is 258 g/mol. The molecule has 0 aromatic heterocycles. The number of rotatable bonds is 2. The highest BCUT2D eigenvalue weighted by Crippen LogP contribution is 2.18. The zero-order valence-corrected chi connectivity index (χ0v) is 13.2. The summed E-state index contributed by atoms with van der Waals surface area (Å²) in [5, 5.41) is 0. The monoisotopic (exact) mass is 285 g/mol. The summed E-state index contributed by atoms with van der Waals surface area (Å²) in [6.45, 7) is 8.47. The molecule has 0 saturated carbocycles. The standard InChI is InChI=1S/C14H27N3O3/c1-10(15)12(18)16(5)11-6-8-17(9-7-11)13(19)20-14(2,3)4/h10-11H,6-9,15H2,1-5H3. The van der Waals surface area contributed by atoms with Crippen LogP contribution in [0.2, 0.25) is 0 Å². The molecule has 20 heavy (non-hydrogen) atoms. The number of likely N-dealkylation sites (tertiary alicyclic amines) is 1. The van der Waals surface area contributed by atoms with E-state index in [1.54, 1.807) is 23.8 Å². The Kier molecular flexibility index (Phi) is 5.39. The zero-order valence-electron chi connectivity index (χ0n) is 13.2. The molecule has 2 N–H and O–H groups in total. The van der Waals surface area contributed by atoms with Gasteiger partial charge in [0.2, 0.25) is 5.91 Å². The third kappa shape index (κ3) is 4.67. The number of piperidine rings is 1. The van der Waals surface area contributed by atoms with Crippen LogP contribution in [0.3, 0.4) is 0 Å². The molecule has 1 unspecified atom stereocenters. The summed E-state index contributed by atoms with van der Waals surface area (Å²) in [5.74, 6) is -0.0549. The molecule has 1 rings (SSSR count). The van der Waals surface area contributed by atoms with Crippen LogP contribution in [0.5, 0.6) is 0 Å². The Bertz CT molecular complexity index is 355. The quantitative estimate of drug-likeness (QED) is 0.827. The van der Waals surface area contributed by atoms with Crippen LogP contribution in [0.25, 0.3) is 0 Å². The summed E-state index contributed by atoms with van der Waals surface area (Å²) in [6, 6.07) is -0.337. The fraction of sp³-hybridized carbons (Fsp3) is 0.857. The minimum atomic E-state index is -0.483. The molecule has 6 heteroatoms. The van der Waals surface area contributed by atoms with Gasteiger partial charge in [0, 0.05) is 26.2 Å². The highest BCUT2D eigenvalue weighted by Gasteiger charge is 2.30. The normalized spacial score (nSPS) is 18.6. The summed E-state index contributed by atoms with van der Waals surface area (Å²) in [4.78, 5) is 27.2. The van der Waals surface area contributed by atoms with Crippen LogP contribution in [0.1, 0.15) is 40.5 Å². The minimum Gasteiger partial charge on any atom is -0.444 e. The fourth-order valence-corrected chi connectivity index (χ4v) is 2.26. The van der Waals surface area contributed by atoms with Crippen molar-refractivity contribution in [2.45, 2.75) is 58.2 Å². The molecule has 0 aliphatic carbocycles. The predicted octanol–water partition coefficient (Wildman–Crippen LogP) is 1.19. The molecule has 0 aromatic rings. The van der Waals surface area contributed by atoms with Gasteiger partial charge < -0.3 is 20.3 Å². The number of nitrogens with two attached hydrogens (primary N) is 1. The van der Waals surface area contributed by atoms with Crippen LogP contribution in [0.4, 0.5) is 4.79 Å². The molecule has 116 valence electrons. The molecule has 1 aliphatic heterocycles. The second kappa shape index (κ2) is 6.43. The third-order valence-electron chi connectivity index (χ3n) is 3.40. The molecule has 0 radical (unpaired) electrons. The number of carbonyl (C=O) groups excluding carboxylic acids is 2. The summed E-state index contributed by atoms with van der Waals surface area (Å²) in [7, 11) is 1.78. The third-order valence-corrected chi connectivity index (χ3v) is 3.40. The van der Waals surface area contributed by atoms with Gasteiger partial charge in [-0.1, -0.05) is 0 Å². The number of hydrogen-bond donors (Lipinski definition) is 1. The van der Waals surface area contributed by atoms with Crippen molar-refractivity contribution in [2.75, 3.05) is 20.1 Å². The van der Waals surface area contributed by atoms with Crippen LogP contribution in [0.15, 0.2) is 0 Å². The van der Waals surface area contributed by atoms with Crippen molar-refractivity contribution in [2.24, 2.45) is 5.73 Å². The van der Waals surface area contributed by atoms with E-state index in [1.807, 2.05) is 20.8 Å². The van der Waals surface area contributed by atoms with Crippen molar-refractivity contribution in [3.8, 4) is 0 Å². The van der Waals surface area contributed by atoms with Gasteiger partial charge in [0.25, 0.3) is 0 Å². The molecule has 2 amide bonds. The second-order valence-corrected chi connectivity index (χ2v) is 6.44. The highest BCUT2D eigenvalue weighted by atomic mass is 16.6. The predicted molar refractivity (Wildman–Crippen MR) is 77.2 cm³/mol. The lowest BCUT2D eigenvalue weighted by atomic mass is 10.0. The lowest BCUT2D eigenvalue weighted by molar-refractivity contribution is -0.133. The summed E-state index contributed by atoms with van der Waals surface area (Å²) >= 11 is 0. The van der Waals surface area contributed by atoms with E-state index in [4.69, 9.17) is 10.5 Å². The van der Waals surface area contributed by atoms with Crippen LogP contribution in [-0.2, 0) is 9.53 Å². The lowest BCUT2D eigenvalue weighted by Gasteiger charge is -2.37. The van der Waals surface area contributed by atoms with E-state index in [1.165, 1.54) is 0 Å². The Balaban J connectivity index is 2.48. The Morgan fingerprint density at radius 2 is 1.80 bits per heavy atom. The van der Waals surface area contributed by atoms with Crippen LogP contribution < -0.4 is 5.73 Å². The molecule has 1 heterocycles. The average Bonchev–Trinajstić information content (AvgIpc) is 2.35. The van der Waals surface area contributed by atoms with Gasteiger partial charge in [0.15, 0.2) is 0 Å². The van der Waals surface area contributed by atoms with Gasteiger partial charge in [-0.05, 0) is 40.5 Å². The van der Waals surface area contributed by atoms with Crippen molar-refractivity contribution in [1.82, 2.24) is 9.80 Å². The smallest absolute Gasteiger partial charge is 0.410 e. The molecule has 1 atom stereocenters. The molecule has 0 spiro atoms. The number of amides is 2. The number of carbonyl (C=O) groups is 2. The molecule has 1 aliphatic rings. The summed E-state index contributed by atoms with van der Waals surface area (Å²) in [5.41, 5.74) is 5.14. The van der Waals surface area contributed by atoms with E-state index in [0.717, 1.165) is 12.8 Å². The maximum Gasteiger partial charge on any atom is 0.410 e. The Labute approximate surface area is 121 Å². The SMILES string of the molecule is CC(N)C(=O)N(C)C1CCN(C(=O)OC(C)(C)C)CC1. The first-order valence-electron chi connectivity index (χ1n) is 7.12. The van der Waals surface area contributed by atoms with Gasteiger partial charge in [-0.15, -0.1) is 0 Å². The van der Waals surface area contributed by atoms with Crippen LogP contribution in [0, 0.1) is 0 Å². The van der Waals surface area contributed by atoms with E-state index in [0.29, 0.717) is 13.1 Å². The number of likely N-dealkylation sites (N-methyl/N-ethyl adjacent to an activating group) is 1. The van der Waals surface area contributed by atoms with Crippen molar-refractivity contribution in [3.63, 3.8) is 0 Å². The number of nitrogens with zero attached hydrogens (tertiary/aromatic N) is 2. The maximum absolute atomic E-state index is 11.9. The van der Waals surface area contributed by atoms with E-state index >= 15 is 0 Å². The molecule has 0 bridgehead atoms. The minimum absolute atomic E-state index is 0.0549. The van der Waals surface area contributed by atoms with Gasteiger partial charge in [0.1, 0.15) is 5.60 Å². The summed E-state index contributed by atoms with van der Waals surface area (Å²) < 4.78 is 5.35. The Morgan fingerprint density at radius 1 is 1.30 bits per heavy atom. The van der Waals surface area contributed by atoms with Crippen LogP contribution in [-0.4, -0.2) is 59.6 Å². The lowest BCUT2D eigenvalue weighted by Crippen LogP contribution is -2.51. The molecule has 1 fully saturated rings. The highest BCUT2D eigenvalue weighted by molar-refractivity contribution is 5.81. The summed E-state index contributed by atoms with van der Waals surface area (Å²) in [6.07, 6.45) is 1.24. The van der Waals surface area contributed by atoms with Crippen LogP contribution >= 0.6 is 0 Å². The second-order valence-electron chi connectivity index (χ2n) is 6.44. The van der Waals surface area contributed by atoms with Gasteiger partial charge in [-0.3, -0.25) is 4.79 Å².